The number of hydrogen-bond donors (Lipinski definition) is 1. The van der Waals surface area contributed by atoms with Crippen molar-refractivity contribution in [3.8, 4) is 0 Å². The summed E-state index contributed by atoms with van der Waals surface area (Å²) in [5.74, 6) is 0.219. The van der Waals surface area contributed by atoms with Crippen LogP contribution >= 0.6 is 0 Å². The van der Waals surface area contributed by atoms with Crippen LogP contribution in [0, 0.1) is 0 Å². The van der Waals surface area contributed by atoms with Crippen LogP contribution in [-0.4, -0.2) is 13.4 Å². The fourth-order valence-corrected chi connectivity index (χ4v) is 2.43. The minimum absolute atomic E-state index is 0.121. The molecule has 1 aliphatic rings. The van der Waals surface area contributed by atoms with Gasteiger partial charge in [-0.25, -0.2) is 4.98 Å². The summed E-state index contributed by atoms with van der Waals surface area (Å²) in [6.07, 6.45) is 3.11. The van der Waals surface area contributed by atoms with Gasteiger partial charge in [-0.3, -0.25) is 4.72 Å². The molecule has 4 nitrogen and oxygen atoms in total. The van der Waals surface area contributed by atoms with Crippen LogP contribution in [0.2, 0.25) is 0 Å². The van der Waals surface area contributed by atoms with Gasteiger partial charge in [-0.15, -0.1) is 0 Å². The van der Waals surface area contributed by atoms with Gasteiger partial charge in [0.05, 0.1) is 0 Å². The molecule has 0 unspecified atom stereocenters. The summed E-state index contributed by atoms with van der Waals surface area (Å²) in [6, 6.07) is 3.64. The molecular weight excluding hydrogens is 212 g/mol. The first-order valence-electron chi connectivity index (χ1n) is 4.70. The Hall–Kier alpha value is -1.36. The predicted octanol–water partition coefficient (Wildman–Crippen LogP) is 1.47. The largest absolute Gasteiger partial charge is 0.285 e. The standard InChI is InChI=1S/C10H12N2O2S/c1-7(2)9-4-3-8-5-6-11-15(13,14)10(8)12-9/h3-7,11H,1-2H3. The van der Waals surface area contributed by atoms with Crippen molar-refractivity contribution in [2.45, 2.75) is 24.8 Å². The van der Waals surface area contributed by atoms with E-state index in [0.717, 1.165) is 5.69 Å². The van der Waals surface area contributed by atoms with Crippen molar-refractivity contribution in [1.82, 2.24) is 9.71 Å². The van der Waals surface area contributed by atoms with Gasteiger partial charge in [-0.2, -0.15) is 8.42 Å². The first kappa shape index (κ1) is 10.2. The van der Waals surface area contributed by atoms with E-state index in [1.54, 1.807) is 12.1 Å². The van der Waals surface area contributed by atoms with Gasteiger partial charge in [0.1, 0.15) is 0 Å². The van der Waals surface area contributed by atoms with Crippen molar-refractivity contribution in [3.63, 3.8) is 0 Å². The Labute approximate surface area is 89.1 Å². The number of nitrogens with one attached hydrogen (secondary N) is 1. The van der Waals surface area contributed by atoms with Crippen molar-refractivity contribution in [2.75, 3.05) is 0 Å². The molecule has 0 amide bonds. The Morgan fingerprint density at radius 2 is 2.07 bits per heavy atom. The molecule has 0 atom stereocenters. The first-order chi connectivity index (χ1) is 7.00. The molecule has 0 fully saturated rings. The molecule has 1 aromatic heterocycles. The van der Waals surface area contributed by atoms with Crippen LogP contribution in [0.3, 0.4) is 0 Å². The highest BCUT2D eigenvalue weighted by atomic mass is 32.2. The Bertz CT molecular complexity index is 518. The third kappa shape index (κ3) is 1.74. The molecule has 0 saturated carbocycles. The first-order valence-corrected chi connectivity index (χ1v) is 6.19. The van der Waals surface area contributed by atoms with E-state index in [1.807, 2.05) is 19.9 Å². The minimum atomic E-state index is -3.45. The lowest BCUT2D eigenvalue weighted by Gasteiger charge is -2.13. The summed E-state index contributed by atoms with van der Waals surface area (Å²) < 4.78 is 25.6. The van der Waals surface area contributed by atoms with E-state index < -0.39 is 10.0 Å². The van der Waals surface area contributed by atoms with Crippen molar-refractivity contribution >= 4 is 16.1 Å². The van der Waals surface area contributed by atoms with E-state index in [2.05, 4.69) is 9.71 Å². The SMILES string of the molecule is CC(C)c1ccc2c(n1)S(=O)(=O)NC=C2. The molecule has 80 valence electrons. The normalized spacial score (nSPS) is 17.3. The summed E-state index contributed by atoms with van der Waals surface area (Å²) in [6.45, 7) is 3.96. The predicted molar refractivity (Wildman–Crippen MR) is 57.7 cm³/mol. The average molecular weight is 224 g/mol. The van der Waals surface area contributed by atoms with Crippen molar-refractivity contribution < 1.29 is 8.42 Å². The summed E-state index contributed by atoms with van der Waals surface area (Å²) in [7, 11) is -3.45. The third-order valence-corrected chi connectivity index (χ3v) is 3.53. The second kappa shape index (κ2) is 3.34. The zero-order valence-corrected chi connectivity index (χ0v) is 9.38. The van der Waals surface area contributed by atoms with E-state index in [9.17, 15) is 8.42 Å². The smallest absolute Gasteiger partial charge is 0.279 e. The van der Waals surface area contributed by atoms with Crippen LogP contribution in [0.25, 0.3) is 6.08 Å². The summed E-state index contributed by atoms with van der Waals surface area (Å²) in [4.78, 5) is 4.16. The topological polar surface area (TPSA) is 59.1 Å². The van der Waals surface area contributed by atoms with Gasteiger partial charge in [0.2, 0.25) is 0 Å². The summed E-state index contributed by atoms with van der Waals surface area (Å²) in [5, 5.41) is 0.121. The molecule has 0 aliphatic carbocycles. The Kier molecular flexibility index (Phi) is 2.26. The maximum absolute atomic E-state index is 11.6. The molecule has 0 bridgehead atoms. The molecular formula is C10H12N2O2S. The molecule has 0 saturated heterocycles. The van der Waals surface area contributed by atoms with Gasteiger partial charge in [-0.1, -0.05) is 19.9 Å². The summed E-state index contributed by atoms with van der Waals surface area (Å²) in [5.41, 5.74) is 1.42. The molecule has 2 heterocycles. The van der Waals surface area contributed by atoms with Crippen LogP contribution in [0.5, 0.6) is 0 Å². The van der Waals surface area contributed by atoms with E-state index in [-0.39, 0.29) is 10.9 Å². The molecule has 0 aromatic carbocycles. The molecule has 15 heavy (non-hydrogen) atoms. The molecule has 5 heteroatoms. The number of sulfonamides is 1. The number of pyridine rings is 1. The van der Waals surface area contributed by atoms with Crippen molar-refractivity contribution in [1.29, 1.82) is 0 Å². The van der Waals surface area contributed by atoms with Crippen LogP contribution in [0.1, 0.15) is 31.0 Å². The molecule has 1 N–H and O–H groups in total. The third-order valence-electron chi connectivity index (χ3n) is 2.24. The highest BCUT2D eigenvalue weighted by molar-refractivity contribution is 7.89. The average Bonchev–Trinajstić information content (AvgIpc) is 2.17. The number of fused-ring (bicyclic) bond motifs is 1. The van der Waals surface area contributed by atoms with Gasteiger partial charge in [0.25, 0.3) is 10.0 Å². The maximum atomic E-state index is 11.6. The highest BCUT2D eigenvalue weighted by Gasteiger charge is 2.22. The maximum Gasteiger partial charge on any atom is 0.279 e. The lowest BCUT2D eigenvalue weighted by molar-refractivity contribution is 0.584. The van der Waals surface area contributed by atoms with Gasteiger partial charge in [-0.05, 0) is 18.1 Å². The second-order valence-corrected chi connectivity index (χ2v) is 5.37. The van der Waals surface area contributed by atoms with Crippen molar-refractivity contribution in [2.24, 2.45) is 0 Å². The number of nitrogens with zero attached hydrogens (tertiary/aromatic N) is 1. The second-order valence-electron chi connectivity index (χ2n) is 3.74. The van der Waals surface area contributed by atoms with Crippen LogP contribution in [-0.2, 0) is 10.0 Å². The Balaban J connectivity index is 2.65. The fraction of sp³-hybridized carbons (Fsp3) is 0.300. The van der Waals surface area contributed by atoms with E-state index in [4.69, 9.17) is 0 Å². The Morgan fingerprint density at radius 1 is 1.33 bits per heavy atom. The fourth-order valence-electron chi connectivity index (χ4n) is 1.40. The Morgan fingerprint density at radius 3 is 2.73 bits per heavy atom. The molecule has 2 rings (SSSR count). The molecule has 0 spiro atoms. The van der Waals surface area contributed by atoms with Gasteiger partial charge in [0.15, 0.2) is 5.03 Å². The molecule has 0 radical (unpaired) electrons. The van der Waals surface area contributed by atoms with Crippen molar-refractivity contribution in [3.05, 3.63) is 29.6 Å². The lowest BCUT2D eigenvalue weighted by Crippen LogP contribution is -2.23. The minimum Gasteiger partial charge on any atom is -0.285 e. The van der Waals surface area contributed by atoms with Crippen LogP contribution in [0.15, 0.2) is 23.4 Å². The number of hydrogen-bond acceptors (Lipinski definition) is 3. The highest BCUT2D eigenvalue weighted by Crippen LogP contribution is 2.21. The van der Waals surface area contributed by atoms with Gasteiger partial charge < -0.3 is 0 Å². The monoisotopic (exact) mass is 224 g/mol. The van der Waals surface area contributed by atoms with Crippen LogP contribution in [0.4, 0.5) is 0 Å². The quantitative estimate of drug-likeness (QED) is 0.785. The van der Waals surface area contributed by atoms with E-state index in [1.165, 1.54) is 6.20 Å². The molecule has 1 aliphatic heterocycles. The lowest BCUT2D eigenvalue weighted by atomic mass is 10.1. The van der Waals surface area contributed by atoms with Crippen LogP contribution < -0.4 is 4.72 Å². The zero-order valence-electron chi connectivity index (χ0n) is 8.56. The van der Waals surface area contributed by atoms with Gasteiger partial charge >= 0.3 is 0 Å². The summed E-state index contributed by atoms with van der Waals surface area (Å²) >= 11 is 0. The molecule has 1 aromatic rings. The van der Waals surface area contributed by atoms with Gasteiger partial charge in [0, 0.05) is 17.5 Å². The number of aromatic nitrogens is 1. The van der Waals surface area contributed by atoms with E-state index in [0.29, 0.717) is 5.56 Å². The zero-order chi connectivity index (χ0) is 11.1. The van der Waals surface area contributed by atoms with E-state index >= 15 is 0 Å². The number of rotatable bonds is 1.